The van der Waals surface area contributed by atoms with E-state index in [1.54, 1.807) is 11.8 Å². The number of urea groups is 1. The average Bonchev–Trinajstić information content (AvgIpc) is 2.46. The van der Waals surface area contributed by atoms with Crippen molar-refractivity contribution in [2.45, 2.75) is 38.6 Å². The number of carbonyl (C=O) groups excluding carboxylic acids is 1. The van der Waals surface area contributed by atoms with Crippen LogP contribution < -0.4 is 5.32 Å². The van der Waals surface area contributed by atoms with Gasteiger partial charge in [0.2, 0.25) is 0 Å². The number of carbonyl (C=O) groups is 2. The number of hydrogen-bond donors (Lipinski definition) is 2. The summed E-state index contributed by atoms with van der Waals surface area (Å²) >= 11 is 1.60. The van der Waals surface area contributed by atoms with Crippen molar-refractivity contribution in [1.29, 1.82) is 0 Å². The first-order chi connectivity index (χ1) is 9.59. The van der Waals surface area contributed by atoms with Gasteiger partial charge in [0.15, 0.2) is 0 Å². The molecule has 3 unspecified atom stereocenters. The van der Waals surface area contributed by atoms with Crippen molar-refractivity contribution in [2.24, 2.45) is 11.8 Å². The second kappa shape index (κ2) is 7.20. The van der Waals surface area contributed by atoms with Gasteiger partial charge in [0.25, 0.3) is 0 Å². The van der Waals surface area contributed by atoms with Crippen molar-refractivity contribution in [3.8, 4) is 0 Å². The predicted molar refractivity (Wildman–Crippen MR) is 80.0 cm³/mol. The second-order valence-electron chi connectivity index (χ2n) is 5.83. The van der Waals surface area contributed by atoms with Crippen LogP contribution in [0.2, 0.25) is 0 Å². The third kappa shape index (κ3) is 3.81. The molecular weight excluding hydrogens is 276 g/mol. The summed E-state index contributed by atoms with van der Waals surface area (Å²) < 4.78 is 0. The van der Waals surface area contributed by atoms with Gasteiger partial charge in [0.1, 0.15) is 6.04 Å². The number of carboxylic acids is 1. The maximum atomic E-state index is 12.2. The summed E-state index contributed by atoms with van der Waals surface area (Å²) in [5.41, 5.74) is 0. The summed E-state index contributed by atoms with van der Waals surface area (Å²) in [4.78, 5) is 24.9. The Kier molecular flexibility index (Phi) is 5.57. The fourth-order valence-corrected chi connectivity index (χ4v) is 4.11. The van der Waals surface area contributed by atoms with E-state index in [4.69, 9.17) is 0 Å². The molecule has 0 aromatic carbocycles. The topological polar surface area (TPSA) is 69.6 Å². The van der Waals surface area contributed by atoms with Crippen LogP contribution in [-0.2, 0) is 4.79 Å². The molecule has 0 aromatic rings. The molecule has 0 spiro atoms. The molecule has 0 radical (unpaired) electrons. The first-order valence-electron chi connectivity index (χ1n) is 7.44. The van der Waals surface area contributed by atoms with Crippen molar-refractivity contribution in [2.75, 3.05) is 24.6 Å². The molecule has 1 heterocycles. The van der Waals surface area contributed by atoms with Gasteiger partial charge in [-0.3, -0.25) is 0 Å². The molecule has 0 bridgehead atoms. The summed E-state index contributed by atoms with van der Waals surface area (Å²) in [5, 5.41) is 12.1. The summed E-state index contributed by atoms with van der Waals surface area (Å²) in [6.07, 6.45) is 4.93. The number of thioether (sulfide) groups is 1. The summed E-state index contributed by atoms with van der Waals surface area (Å²) in [7, 11) is 0. The highest BCUT2D eigenvalue weighted by Gasteiger charge is 2.32. The molecule has 1 aliphatic heterocycles. The van der Waals surface area contributed by atoms with Crippen LogP contribution in [0.3, 0.4) is 0 Å². The molecule has 0 aromatic heterocycles. The van der Waals surface area contributed by atoms with E-state index in [1.165, 1.54) is 30.6 Å². The number of nitrogens with zero attached hydrogens (tertiary/aromatic N) is 1. The van der Waals surface area contributed by atoms with Gasteiger partial charge in [-0.05, 0) is 18.3 Å². The van der Waals surface area contributed by atoms with Crippen LogP contribution in [0, 0.1) is 11.8 Å². The van der Waals surface area contributed by atoms with Crippen LogP contribution in [0.1, 0.15) is 32.6 Å². The van der Waals surface area contributed by atoms with E-state index in [0.29, 0.717) is 30.7 Å². The van der Waals surface area contributed by atoms with E-state index in [1.807, 2.05) is 0 Å². The van der Waals surface area contributed by atoms with E-state index in [2.05, 4.69) is 12.2 Å². The largest absolute Gasteiger partial charge is 0.480 e. The molecule has 5 nitrogen and oxygen atoms in total. The fraction of sp³-hybridized carbons (Fsp3) is 0.857. The van der Waals surface area contributed by atoms with Gasteiger partial charge >= 0.3 is 12.0 Å². The van der Waals surface area contributed by atoms with E-state index < -0.39 is 12.0 Å². The summed E-state index contributed by atoms with van der Waals surface area (Å²) in [6.45, 7) is 3.44. The van der Waals surface area contributed by atoms with Crippen molar-refractivity contribution in [3.05, 3.63) is 0 Å². The molecule has 2 fully saturated rings. The highest BCUT2D eigenvalue weighted by atomic mass is 32.2. The first kappa shape index (κ1) is 15.5. The van der Waals surface area contributed by atoms with Crippen LogP contribution in [0.15, 0.2) is 0 Å². The van der Waals surface area contributed by atoms with E-state index in [-0.39, 0.29) is 6.03 Å². The standard InChI is InChI=1S/C14H24N2O3S/c1-10-4-2-3-5-11(10)8-15-14(19)16-6-7-20-9-12(16)13(17)18/h10-12H,2-9H2,1H3,(H,15,19)(H,17,18). The fourth-order valence-electron chi connectivity index (χ4n) is 3.07. The van der Waals surface area contributed by atoms with Gasteiger partial charge in [-0.15, -0.1) is 0 Å². The lowest BCUT2D eigenvalue weighted by Crippen LogP contribution is -2.54. The van der Waals surface area contributed by atoms with Crippen LogP contribution in [0.4, 0.5) is 4.79 Å². The Morgan fingerprint density at radius 3 is 2.80 bits per heavy atom. The SMILES string of the molecule is CC1CCCCC1CNC(=O)N1CCSCC1C(=O)O. The van der Waals surface area contributed by atoms with Gasteiger partial charge in [-0.25, -0.2) is 9.59 Å². The Morgan fingerprint density at radius 1 is 1.35 bits per heavy atom. The molecular formula is C14H24N2O3S. The summed E-state index contributed by atoms with van der Waals surface area (Å²) in [5.74, 6) is 1.59. The van der Waals surface area contributed by atoms with Crippen LogP contribution >= 0.6 is 11.8 Å². The van der Waals surface area contributed by atoms with Gasteiger partial charge in [-0.2, -0.15) is 11.8 Å². The Balaban J connectivity index is 1.85. The van der Waals surface area contributed by atoms with Crippen molar-refractivity contribution >= 4 is 23.8 Å². The molecule has 1 aliphatic carbocycles. The quantitative estimate of drug-likeness (QED) is 0.836. The highest BCUT2D eigenvalue weighted by Crippen LogP contribution is 2.29. The third-order valence-electron chi connectivity index (χ3n) is 4.48. The molecule has 2 rings (SSSR count). The summed E-state index contributed by atoms with van der Waals surface area (Å²) in [6, 6.07) is -0.895. The molecule has 1 saturated heterocycles. The predicted octanol–water partition coefficient (Wildman–Crippen LogP) is 2.02. The number of aliphatic carboxylic acids is 1. The van der Waals surface area contributed by atoms with Crippen molar-refractivity contribution < 1.29 is 14.7 Å². The van der Waals surface area contributed by atoms with E-state index in [9.17, 15) is 14.7 Å². The normalized spacial score (nSPS) is 30.9. The number of amides is 2. The molecule has 2 amide bonds. The van der Waals surface area contributed by atoms with Crippen LogP contribution in [0.5, 0.6) is 0 Å². The van der Waals surface area contributed by atoms with Gasteiger partial charge in [0, 0.05) is 24.6 Å². The number of rotatable bonds is 3. The first-order valence-corrected chi connectivity index (χ1v) is 8.60. The zero-order valence-corrected chi connectivity index (χ0v) is 12.8. The Bertz CT molecular complexity index is 364. The molecule has 2 N–H and O–H groups in total. The minimum Gasteiger partial charge on any atom is -0.480 e. The Morgan fingerprint density at radius 2 is 2.10 bits per heavy atom. The zero-order chi connectivity index (χ0) is 14.5. The Labute approximate surface area is 124 Å². The van der Waals surface area contributed by atoms with Crippen molar-refractivity contribution in [3.63, 3.8) is 0 Å². The number of hydrogen-bond acceptors (Lipinski definition) is 3. The molecule has 3 atom stereocenters. The highest BCUT2D eigenvalue weighted by molar-refractivity contribution is 7.99. The molecule has 1 saturated carbocycles. The molecule has 2 aliphatic rings. The van der Waals surface area contributed by atoms with Crippen molar-refractivity contribution in [1.82, 2.24) is 10.2 Å². The average molecular weight is 300 g/mol. The Hall–Kier alpha value is -0.910. The maximum Gasteiger partial charge on any atom is 0.327 e. The minimum absolute atomic E-state index is 0.213. The van der Waals surface area contributed by atoms with Gasteiger partial charge in [-0.1, -0.05) is 26.2 Å². The monoisotopic (exact) mass is 300 g/mol. The lowest BCUT2D eigenvalue weighted by atomic mass is 9.80. The van der Waals surface area contributed by atoms with Gasteiger partial charge in [0.05, 0.1) is 0 Å². The van der Waals surface area contributed by atoms with Gasteiger partial charge < -0.3 is 15.3 Å². The van der Waals surface area contributed by atoms with E-state index >= 15 is 0 Å². The minimum atomic E-state index is -0.904. The van der Waals surface area contributed by atoms with E-state index in [0.717, 1.165) is 5.75 Å². The second-order valence-corrected chi connectivity index (χ2v) is 6.98. The lowest BCUT2D eigenvalue weighted by molar-refractivity contribution is -0.141. The number of carboxylic acid groups (broad SMARTS) is 1. The lowest BCUT2D eigenvalue weighted by Gasteiger charge is -2.34. The molecule has 114 valence electrons. The maximum absolute atomic E-state index is 12.2. The molecule has 6 heteroatoms. The third-order valence-corrected chi connectivity index (χ3v) is 5.50. The smallest absolute Gasteiger partial charge is 0.327 e. The van der Waals surface area contributed by atoms with Crippen LogP contribution in [0.25, 0.3) is 0 Å². The van der Waals surface area contributed by atoms with Crippen LogP contribution in [-0.4, -0.2) is 52.6 Å². The molecule has 20 heavy (non-hydrogen) atoms. The number of nitrogens with one attached hydrogen (secondary N) is 1. The zero-order valence-electron chi connectivity index (χ0n) is 12.0.